The van der Waals surface area contributed by atoms with Crippen LogP contribution in [0.4, 0.5) is 10.1 Å². The second-order valence-electron chi connectivity index (χ2n) is 13.4. The Morgan fingerprint density at radius 2 is 1.86 bits per heavy atom. The van der Waals surface area contributed by atoms with E-state index in [-0.39, 0.29) is 58.6 Å². The van der Waals surface area contributed by atoms with Crippen LogP contribution >= 0.6 is 23.2 Å². The van der Waals surface area contributed by atoms with Gasteiger partial charge in [-0.2, -0.15) is 0 Å². The lowest BCUT2D eigenvalue weighted by molar-refractivity contribution is -0.147. The Balaban J connectivity index is 1.07. The number of carbonyl (C=O) groups is 2. The number of halogens is 3. The average Bonchev–Trinajstić information content (AvgIpc) is 3.83. The number of amides is 1. The normalized spacial score (nSPS) is 17.4. The van der Waals surface area contributed by atoms with Crippen LogP contribution in [0.15, 0.2) is 42.5 Å². The fourth-order valence-corrected chi connectivity index (χ4v) is 7.70. The zero-order valence-corrected chi connectivity index (χ0v) is 30.2. The molecule has 3 N–H and O–H groups in total. The van der Waals surface area contributed by atoms with Crippen molar-refractivity contribution in [2.24, 2.45) is 18.7 Å². The predicted octanol–water partition coefficient (Wildman–Crippen LogP) is 7.02. The van der Waals surface area contributed by atoms with Crippen LogP contribution in [0.1, 0.15) is 71.0 Å². The third kappa shape index (κ3) is 6.80. The van der Waals surface area contributed by atoms with Crippen molar-refractivity contribution in [2.45, 2.75) is 64.3 Å². The van der Waals surface area contributed by atoms with Gasteiger partial charge in [-0.25, -0.2) is 9.37 Å². The molecule has 51 heavy (non-hydrogen) atoms. The molecule has 1 fully saturated rings. The third-order valence-corrected chi connectivity index (χ3v) is 10.9. The molecule has 13 heteroatoms. The number of imidazole rings is 1. The van der Waals surface area contributed by atoms with Gasteiger partial charge in [0.05, 0.1) is 29.4 Å². The van der Waals surface area contributed by atoms with Crippen LogP contribution in [-0.4, -0.2) is 52.6 Å². The SMILES string of the molecule is COc1c(Cl)c(OC2CCc3c(-c4cccc(NC(=O)c5nc6c(n5C)CCN(C(C)COC(=O)C5CC5)C6)c4Cl)cccc32)cc(F)c1CN. The smallest absolute Gasteiger partial charge is 0.308 e. The molecule has 2 unspecified atom stereocenters. The molecular formula is C38H40Cl2FN5O5. The number of nitrogens with two attached hydrogens (primary N) is 1. The summed E-state index contributed by atoms with van der Waals surface area (Å²) in [5.74, 6) is -0.306. The fourth-order valence-electron chi connectivity index (χ4n) is 7.14. The van der Waals surface area contributed by atoms with Crippen molar-refractivity contribution >= 4 is 40.8 Å². The maximum Gasteiger partial charge on any atom is 0.308 e. The Morgan fingerprint density at radius 1 is 1.10 bits per heavy atom. The zero-order chi connectivity index (χ0) is 36.0. The van der Waals surface area contributed by atoms with E-state index in [2.05, 4.69) is 10.2 Å². The zero-order valence-electron chi connectivity index (χ0n) is 28.7. The first kappa shape index (κ1) is 35.3. The summed E-state index contributed by atoms with van der Waals surface area (Å²) in [5.41, 5.74) is 11.9. The quantitative estimate of drug-likeness (QED) is 0.158. The molecule has 1 aromatic heterocycles. The van der Waals surface area contributed by atoms with E-state index in [0.717, 1.165) is 59.4 Å². The summed E-state index contributed by atoms with van der Waals surface area (Å²) < 4.78 is 33.8. The first-order valence-corrected chi connectivity index (χ1v) is 17.9. The molecule has 2 atom stereocenters. The van der Waals surface area contributed by atoms with Crippen molar-refractivity contribution < 1.29 is 28.2 Å². The highest BCUT2D eigenvalue weighted by atomic mass is 35.5. The predicted molar refractivity (Wildman–Crippen MR) is 193 cm³/mol. The molecule has 2 aliphatic carbocycles. The lowest BCUT2D eigenvalue weighted by Gasteiger charge is -2.31. The Labute approximate surface area is 306 Å². The Hall–Kier alpha value is -4.16. The minimum Gasteiger partial charge on any atom is -0.495 e. The second kappa shape index (κ2) is 14.5. The maximum absolute atomic E-state index is 14.8. The van der Waals surface area contributed by atoms with Crippen molar-refractivity contribution in [3.8, 4) is 22.6 Å². The van der Waals surface area contributed by atoms with Gasteiger partial charge in [0.2, 0.25) is 0 Å². The summed E-state index contributed by atoms with van der Waals surface area (Å²) in [7, 11) is 3.27. The van der Waals surface area contributed by atoms with Gasteiger partial charge >= 0.3 is 5.97 Å². The fraction of sp³-hybridized carbons (Fsp3) is 0.395. The molecule has 0 spiro atoms. The van der Waals surface area contributed by atoms with E-state index in [9.17, 15) is 14.0 Å². The van der Waals surface area contributed by atoms with E-state index in [1.807, 2.05) is 48.9 Å². The van der Waals surface area contributed by atoms with Gasteiger partial charge in [-0.3, -0.25) is 14.5 Å². The summed E-state index contributed by atoms with van der Waals surface area (Å²) in [6.07, 6.45) is 3.52. The molecule has 1 saturated carbocycles. The Morgan fingerprint density at radius 3 is 2.61 bits per heavy atom. The van der Waals surface area contributed by atoms with E-state index < -0.39 is 5.82 Å². The molecule has 0 saturated heterocycles. The molecule has 0 bridgehead atoms. The molecule has 1 aliphatic heterocycles. The lowest BCUT2D eigenvalue weighted by Crippen LogP contribution is -2.41. The minimum absolute atomic E-state index is 0.0372. The average molecular weight is 737 g/mol. The summed E-state index contributed by atoms with van der Waals surface area (Å²) in [5, 5.41) is 3.56. The summed E-state index contributed by atoms with van der Waals surface area (Å²) >= 11 is 13.6. The molecular weight excluding hydrogens is 696 g/mol. The minimum atomic E-state index is -0.545. The third-order valence-electron chi connectivity index (χ3n) is 10.2. The number of anilines is 1. The molecule has 3 aliphatic rings. The van der Waals surface area contributed by atoms with E-state index in [0.29, 0.717) is 42.5 Å². The van der Waals surface area contributed by atoms with Crippen LogP contribution in [0.25, 0.3) is 11.1 Å². The number of hydrogen-bond donors (Lipinski definition) is 2. The van der Waals surface area contributed by atoms with Crippen LogP contribution in [0.5, 0.6) is 11.5 Å². The van der Waals surface area contributed by atoms with E-state index in [4.69, 9.17) is 48.1 Å². The van der Waals surface area contributed by atoms with Gasteiger partial charge in [0, 0.05) is 62.0 Å². The summed E-state index contributed by atoms with van der Waals surface area (Å²) in [6.45, 7) is 3.65. The first-order valence-electron chi connectivity index (χ1n) is 17.2. The molecule has 1 amide bonds. The van der Waals surface area contributed by atoms with Gasteiger partial charge in [-0.05, 0) is 55.4 Å². The number of aromatic nitrogens is 2. The van der Waals surface area contributed by atoms with Gasteiger partial charge in [-0.15, -0.1) is 0 Å². The number of ether oxygens (including phenoxy) is 3. The van der Waals surface area contributed by atoms with E-state index >= 15 is 0 Å². The van der Waals surface area contributed by atoms with Crippen molar-refractivity contribution in [3.05, 3.63) is 92.2 Å². The molecule has 268 valence electrons. The number of benzene rings is 3. The van der Waals surface area contributed by atoms with Crippen molar-refractivity contribution in [2.75, 3.05) is 25.6 Å². The largest absolute Gasteiger partial charge is 0.495 e. The highest BCUT2D eigenvalue weighted by Gasteiger charge is 2.33. The number of rotatable bonds is 11. The van der Waals surface area contributed by atoms with Gasteiger partial charge in [0.1, 0.15) is 35.0 Å². The maximum atomic E-state index is 14.8. The van der Waals surface area contributed by atoms with Crippen LogP contribution < -0.4 is 20.5 Å². The lowest BCUT2D eigenvalue weighted by atomic mass is 9.96. The molecule has 2 heterocycles. The topological polar surface area (TPSA) is 121 Å². The highest BCUT2D eigenvalue weighted by Crippen LogP contribution is 2.46. The number of methoxy groups -OCH3 is 1. The standard InChI is InChI=1S/C38H40Cl2FN5O5/c1-20(19-50-38(48)21-10-11-21)46-15-14-30-29(18-46)43-36(45(30)2)37(47)44-28-9-5-8-25(33(28)39)22-6-4-7-24-23(22)12-13-31(24)51-32-16-27(41)26(17-42)35(49-3)34(32)40/h4-9,16,20-21,31H,10-15,17-19,42H2,1-3H3,(H,44,47). The first-order chi connectivity index (χ1) is 24.6. The van der Waals surface area contributed by atoms with Crippen LogP contribution in [0.3, 0.4) is 0 Å². The molecule has 4 aromatic rings. The van der Waals surface area contributed by atoms with Crippen LogP contribution in [0.2, 0.25) is 10.0 Å². The van der Waals surface area contributed by atoms with Crippen LogP contribution in [0, 0.1) is 11.7 Å². The second-order valence-corrected chi connectivity index (χ2v) is 14.1. The molecule has 0 radical (unpaired) electrons. The molecule has 7 rings (SSSR count). The summed E-state index contributed by atoms with van der Waals surface area (Å²) in [6, 6.07) is 12.7. The Kier molecular flexibility index (Phi) is 9.99. The highest BCUT2D eigenvalue weighted by molar-refractivity contribution is 6.36. The van der Waals surface area contributed by atoms with Crippen LogP contribution in [-0.2, 0) is 42.5 Å². The number of esters is 1. The van der Waals surface area contributed by atoms with Gasteiger partial charge < -0.3 is 29.8 Å². The van der Waals surface area contributed by atoms with Crippen molar-refractivity contribution in [3.63, 3.8) is 0 Å². The number of nitrogens with zero attached hydrogens (tertiary/aromatic N) is 3. The van der Waals surface area contributed by atoms with E-state index in [1.54, 1.807) is 6.07 Å². The van der Waals surface area contributed by atoms with Crippen molar-refractivity contribution in [1.29, 1.82) is 0 Å². The Bertz CT molecular complexity index is 2010. The monoisotopic (exact) mass is 735 g/mol. The molecule has 3 aromatic carbocycles. The van der Waals surface area contributed by atoms with E-state index in [1.165, 1.54) is 13.2 Å². The summed E-state index contributed by atoms with van der Waals surface area (Å²) in [4.78, 5) is 32.7. The number of fused-ring (bicyclic) bond motifs is 2. The van der Waals surface area contributed by atoms with Crippen molar-refractivity contribution in [1.82, 2.24) is 14.5 Å². The van der Waals surface area contributed by atoms with Gasteiger partial charge in [0.15, 0.2) is 5.82 Å². The number of nitrogens with one attached hydrogen (secondary N) is 1. The van der Waals surface area contributed by atoms with Gasteiger partial charge in [-0.1, -0.05) is 53.5 Å². The van der Waals surface area contributed by atoms with Gasteiger partial charge in [0.25, 0.3) is 5.91 Å². The number of hydrogen-bond acceptors (Lipinski definition) is 8. The molecule has 10 nitrogen and oxygen atoms in total. The number of carbonyl (C=O) groups excluding carboxylic acids is 2.